The van der Waals surface area contributed by atoms with Crippen molar-refractivity contribution in [3.63, 3.8) is 0 Å². The summed E-state index contributed by atoms with van der Waals surface area (Å²) in [6.45, 7) is 0.354. The number of hydrogen-bond acceptors (Lipinski definition) is 6. The molecule has 2 aliphatic heterocycles. The Kier molecular flexibility index (Phi) is 5.86. The second kappa shape index (κ2) is 8.75. The van der Waals surface area contributed by atoms with Gasteiger partial charge in [0, 0.05) is 54.8 Å². The molecule has 32 heavy (non-hydrogen) atoms. The van der Waals surface area contributed by atoms with Crippen molar-refractivity contribution < 1.29 is 18.8 Å². The van der Waals surface area contributed by atoms with Crippen LogP contribution < -0.4 is 5.32 Å². The molecule has 3 aliphatic rings. The summed E-state index contributed by atoms with van der Waals surface area (Å²) >= 11 is 0. The van der Waals surface area contributed by atoms with E-state index in [4.69, 9.17) is 6.42 Å². The van der Waals surface area contributed by atoms with E-state index < -0.39 is 11.7 Å². The maximum Gasteiger partial charge on any atom is 0.277 e. The van der Waals surface area contributed by atoms with Crippen LogP contribution >= 0.6 is 0 Å². The molecule has 0 bridgehead atoms. The SMILES string of the molecule is C#CC=C(C=NC)c1cnc(NC(=O)CN2CCCC3=C2C(=O)N(C2CC2)C3=O)cc1F. The molecule has 1 aliphatic carbocycles. The fourth-order valence-electron chi connectivity index (χ4n) is 4.00. The molecule has 4 rings (SSSR count). The van der Waals surface area contributed by atoms with Gasteiger partial charge >= 0.3 is 0 Å². The summed E-state index contributed by atoms with van der Waals surface area (Å²) in [6.07, 6.45) is 12.2. The molecular formula is C23H22FN5O3. The first-order valence-electron chi connectivity index (χ1n) is 10.3. The van der Waals surface area contributed by atoms with Crippen LogP contribution in [0.5, 0.6) is 0 Å². The van der Waals surface area contributed by atoms with Gasteiger partial charge < -0.3 is 10.2 Å². The maximum absolute atomic E-state index is 14.6. The number of pyridine rings is 1. The lowest BCUT2D eigenvalue weighted by molar-refractivity contribution is -0.138. The van der Waals surface area contributed by atoms with Crippen molar-refractivity contribution in [1.29, 1.82) is 0 Å². The van der Waals surface area contributed by atoms with E-state index in [1.807, 2.05) is 0 Å². The Morgan fingerprint density at radius 3 is 2.84 bits per heavy atom. The molecule has 8 nitrogen and oxygen atoms in total. The number of aliphatic imine (C=N–C) groups is 1. The molecule has 0 spiro atoms. The van der Waals surface area contributed by atoms with Gasteiger partial charge in [-0.25, -0.2) is 9.37 Å². The molecule has 9 heteroatoms. The second-order valence-electron chi connectivity index (χ2n) is 7.81. The largest absolute Gasteiger partial charge is 0.357 e. The quantitative estimate of drug-likeness (QED) is 0.417. The lowest BCUT2D eigenvalue weighted by Gasteiger charge is -2.28. The highest BCUT2D eigenvalue weighted by atomic mass is 19.1. The zero-order chi connectivity index (χ0) is 22.8. The molecule has 3 heterocycles. The molecule has 1 fully saturated rings. The van der Waals surface area contributed by atoms with E-state index in [0.29, 0.717) is 36.2 Å². The standard InChI is InChI=1S/C23H22FN5O3/c1-3-5-14(11-25-2)17-12-26-19(10-18(17)24)27-20(30)13-28-9-4-6-16-21(28)23(32)29(22(16)31)15-7-8-15/h1,5,10-12,15H,4,6-9,13H2,2H3,(H,26,27,30). The van der Waals surface area contributed by atoms with Gasteiger partial charge in [0.05, 0.1) is 6.54 Å². The highest BCUT2D eigenvalue weighted by Crippen LogP contribution is 2.38. The van der Waals surface area contributed by atoms with Crippen molar-refractivity contribution in [2.45, 2.75) is 31.7 Å². The molecule has 1 N–H and O–H groups in total. The number of allylic oxidation sites excluding steroid dienone is 2. The minimum Gasteiger partial charge on any atom is -0.357 e. The smallest absolute Gasteiger partial charge is 0.277 e. The lowest BCUT2D eigenvalue weighted by Crippen LogP contribution is -2.40. The summed E-state index contributed by atoms with van der Waals surface area (Å²) < 4.78 is 14.6. The van der Waals surface area contributed by atoms with Crippen LogP contribution in [-0.4, -0.2) is 64.9 Å². The number of carbonyl (C=O) groups excluding carboxylic acids is 3. The zero-order valence-corrected chi connectivity index (χ0v) is 17.6. The number of rotatable bonds is 6. The Hall–Kier alpha value is -3.80. The van der Waals surface area contributed by atoms with Crippen LogP contribution in [0.4, 0.5) is 10.2 Å². The van der Waals surface area contributed by atoms with E-state index >= 15 is 0 Å². The molecule has 0 radical (unpaired) electrons. The van der Waals surface area contributed by atoms with E-state index in [1.54, 1.807) is 4.90 Å². The third-order valence-electron chi connectivity index (χ3n) is 5.54. The van der Waals surface area contributed by atoms with Gasteiger partial charge in [0.2, 0.25) is 5.91 Å². The van der Waals surface area contributed by atoms with Crippen molar-refractivity contribution in [3.8, 4) is 12.3 Å². The highest BCUT2D eigenvalue weighted by Gasteiger charge is 2.48. The number of aromatic nitrogens is 1. The van der Waals surface area contributed by atoms with E-state index in [0.717, 1.165) is 18.9 Å². The zero-order valence-electron chi connectivity index (χ0n) is 17.6. The third kappa shape index (κ3) is 4.04. The van der Waals surface area contributed by atoms with Crippen LogP contribution in [0, 0.1) is 18.2 Å². The third-order valence-corrected chi connectivity index (χ3v) is 5.54. The van der Waals surface area contributed by atoms with E-state index in [1.165, 1.54) is 30.4 Å². The Labute approximate surface area is 184 Å². The molecule has 164 valence electrons. The maximum atomic E-state index is 14.6. The fourth-order valence-corrected chi connectivity index (χ4v) is 4.00. The molecule has 1 saturated carbocycles. The number of carbonyl (C=O) groups is 3. The van der Waals surface area contributed by atoms with Crippen molar-refractivity contribution >= 4 is 35.3 Å². The molecular weight excluding hydrogens is 413 g/mol. The monoisotopic (exact) mass is 435 g/mol. The number of terminal acetylenes is 1. The average molecular weight is 435 g/mol. The second-order valence-corrected chi connectivity index (χ2v) is 7.81. The first-order chi connectivity index (χ1) is 15.4. The molecule has 0 atom stereocenters. The molecule has 0 aromatic carbocycles. The molecule has 1 aromatic heterocycles. The Bertz CT molecular complexity index is 1130. The normalized spacial score (nSPS) is 19.0. The van der Waals surface area contributed by atoms with Crippen molar-refractivity contribution in [2.24, 2.45) is 4.99 Å². The van der Waals surface area contributed by atoms with Gasteiger partial charge in [-0.15, -0.1) is 6.42 Å². The van der Waals surface area contributed by atoms with Gasteiger partial charge in [-0.1, -0.05) is 5.92 Å². The topological polar surface area (TPSA) is 95.0 Å². The summed E-state index contributed by atoms with van der Waals surface area (Å²) in [5.41, 5.74) is 1.35. The number of nitrogens with one attached hydrogen (secondary N) is 1. The van der Waals surface area contributed by atoms with Gasteiger partial charge in [-0.05, 0) is 31.8 Å². The van der Waals surface area contributed by atoms with Crippen LogP contribution in [-0.2, 0) is 14.4 Å². The van der Waals surface area contributed by atoms with Gasteiger partial charge in [-0.3, -0.25) is 24.3 Å². The Balaban J connectivity index is 1.47. The Morgan fingerprint density at radius 1 is 1.41 bits per heavy atom. The number of halogens is 1. The number of anilines is 1. The van der Waals surface area contributed by atoms with Gasteiger partial charge in [0.15, 0.2) is 0 Å². The number of nitrogens with zero attached hydrogens (tertiary/aromatic N) is 4. The van der Waals surface area contributed by atoms with Crippen LogP contribution in [0.15, 0.2) is 34.6 Å². The van der Waals surface area contributed by atoms with E-state index in [-0.39, 0.29) is 35.8 Å². The average Bonchev–Trinajstić information content (AvgIpc) is 3.55. The van der Waals surface area contributed by atoms with Crippen LogP contribution in [0.2, 0.25) is 0 Å². The first kappa shape index (κ1) is 21.4. The van der Waals surface area contributed by atoms with Gasteiger partial charge in [-0.2, -0.15) is 0 Å². The van der Waals surface area contributed by atoms with Crippen molar-refractivity contribution in [2.75, 3.05) is 25.5 Å². The minimum atomic E-state index is -0.615. The minimum absolute atomic E-state index is 0.0202. The van der Waals surface area contributed by atoms with Crippen molar-refractivity contribution in [1.82, 2.24) is 14.8 Å². The molecule has 1 aromatic rings. The predicted octanol–water partition coefficient (Wildman–Crippen LogP) is 1.76. The van der Waals surface area contributed by atoms with Crippen LogP contribution in [0.25, 0.3) is 5.57 Å². The van der Waals surface area contributed by atoms with Crippen LogP contribution in [0.1, 0.15) is 31.2 Å². The fraction of sp³-hybridized carbons (Fsp3) is 0.348. The first-order valence-corrected chi connectivity index (χ1v) is 10.3. The van der Waals surface area contributed by atoms with Crippen molar-refractivity contribution in [3.05, 3.63) is 41.0 Å². The predicted molar refractivity (Wildman–Crippen MR) is 117 cm³/mol. The molecule has 0 saturated heterocycles. The van der Waals surface area contributed by atoms with E-state index in [2.05, 4.69) is 21.2 Å². The summed E-state index contributed by atoms with van der Waals surface area (Å²) in [5.74, 6) is 0.731. The summed E-state index contributed by atoms with van der Waals surface area (Å²) in [5, 5.41) is 2.55. The van der Waals surface area contributed by atoms with Crippen LogP contribution in [0.3, 0.4) is 0 Å². The summed E-state index contributed by atoms with van der Waals surface area (Å²) in [6, 6.07) is 1.08. The lowest BCUT2D eigenvalue weighted by atomic mass is 10.0. The molecule has 3 amide bonds. The number of amides is 3. The highest BCUT2D eigenvalue weighted by molar-refractivity contribution is 6.19. The number of imide groups is 1. The van der Waals surface area contributed by atoms with E-state index in [9.17, 15) is 18.8 Å². The summed E-state index contributed by atoms with van der Waals surface area (Å²) in [7, 11) is 1.54. The Morgan fingerprint density at radius 2 is 2.19 bits per heavy atom. The van der Waals surface area contributed by atoms with Gasteiger partial charge in [0.25, 0.3) is 11.8 Å². The van der Waals surface area contributed by atoms with Gasteiger partial charge in [0.1, 0.15) is 17.3 Å². The number of hydrogen-bond donors (Lipinski definition) is 1. The molecule has 0 unspecified atom stereocenters. The summed E-state index contributed by atoms with van der Waals surface area (Å²) in [4.78, 5) is 48.9.